The fourth-order valence-corrected chi connectivity index (χ4v) is 8.41. The molecule has 8 amide bonds. The Balaban J connectivity index is 2.20. The van der Waals surface area contributed by atoms with Crippen LogP contribution in [0.4, 0.5) is 0 Å². The van der Waals surface area contributed by atoms with E-state index in [0.29, 0.717) is 76.7 Å². The van der Waals surface area contributed by atoms with Crippen molar-refractivity contribution in [3.63, 3.8) is 0 Å². The molecule has 76 heavy (non-hydrogen) atoms. The molecule has 23 N–H and O–H groups in total. The van der Waals surface area contributed by atoms with Gasteiger partial charge in [0.05, 0.1) is 31.1 Å². The van der Waals surface area contributed by atoms with E-state index in [9.17, 15) is 48.3 Å². The number of ketones is 1. The SMILES string of the molecule is CC(C)NC(=O)C(CCCN=C(N)N)CCC(=O)[C@H](CCCCN)NC(=O)[C@H](Cc1cnc[nH]1)NC(=O)[C@@H]1CCCN1C(=O)[C@@H](CCCN)NC(=O)CNC(=O)[C@H](C)NC(=O)[C@@H](NC(=O)[C@@H](N)CCCCN)[C@@H](O)CN. The number of hydrogen-bond donors (Lipinski definition) is 16. The lowest BCUT2D eigenvalue weighted by Crippen LogP contribution is -2.60. The Bertz CT molecular complexity index is 2020. The summed E-state index contributed by atoms with van der Waals surface area (Å²) in [4.78, 5) is 134. The van der Waals surface area contributed by atoms with Crippen LogP contribution in [0.2, 0.25) is 0 Å². The first kappa shape index (κ1) is 65.8. The van der Waals surface area contributed by atoms with Crippen molar-refractivity contribution in [2.24, 2.45) is 51.0 Å². The molecule has 1 aliphatic heterocycles. The highest BCUT2D eigenvalue weighted by Crippen LogP contribution is 2.21. The molecular formula is C48H88N18O10. The van der Waals surface area contributed by atoms with Crippen molar-refractivity contribution in [3.05, 3.63) is 18.2 Å². The maximum Gasteiger partial charge on any atom is 0.245 e. The predicted octanol–water partition coefficient (Wildman–Crippen LogP) is -5.31. The maximum atomic E-state index is 14.2. The Kier molecular flexibility index (Phi) is 31.0. The first-order valence-electron chi connectivity index (χ1n) is 26.4. The van der Waals surface area contributed by atoms with Gasteiger partial charge in [0, 0.05) is 56.3 Å². The number of imidazole rings is 1. The number of guanidine groups is 1. The topological polar surface area (TPSA) is 484 Å². The zero-order chi connectivity index (χ0) is 56.7. The number of H-pyrrole nitrogens is 1. The molecule has 2 rings (SSSR count). The maximum absolute atomic E-state index is 14.2. The molecule has 1 aromatic heterocycles. The third kappa shape index (κ3) is 24.1. The van der Waals surface area contributed by atoms with Gasteiger partial charge in [-0.1, -0.05) is 6.42 Å². The number of nitrogens with one attached hydrogen (secondary N) is 8. The number of amides is 8. The summed E-state index contributed by atoms with van der Waals surface area (Å²) < 4.78 is 0. The minimum atomic E-state index is -1.55. The van der Waals surface area contributed by atoms with Crippen molar-refractivity contribution in [1.82, 2.24) is 52.1 Å². The molecular weight excluding hydrogens is 989 g/mol. The number of hydrogen-bond acceptors (Lipinski definition) is 17. The van der Waals surface area contributed by atoms with Gasteiger partial charge in [-0.2, -0.15) is 0 Å². The zero-order valence-electron chi connectivity index (χ0n) is 44.5. The molecule has 1 saturated heterocycles. The lowest BCUT2D eigenvalue weighted by molar-refractivity contribution is -0.142. The number of aromatic amines is 1. The summed E-state index contributed by atoms with van der Waals surface area (Å²) in [7, 11) is 0. The predicted molar refractivity (Wildman–Crippen MR) is 283 cm³/mol. The molecule has 0 saturated carbocycles. The fourth-order valence-electron chi connectivity index (χ4n) is 8.41. The van der Waals surface area contributed by atoms with Crippen molar-refractivity contribution >= 4 is 59.0 Å². The number of rotatable bonds is 38. The molecule has 0 aliphatic carbocycles. The van der Waals surface area contributed by atoms with Gasteiger partial charge in [0.1, 0.15) is 30.2 Å². The highest BCUT2D eigenvalue weighted by molar-refractivity contribution is 5.97. The molecule has 28 nitrogen and oxygen atoms in total. The van der Waals surface area contributed by atoms with Gasteiger partial charge in [-0.05, 0) is 117 Å². The summed E-state index contributed by atoms with van der Waals surface area (Å²) in [6.07, 6.45) is 6.16. The number of likely N-dealkylation sites (tertiary alicyclic amines) is 1. The van der Waals surface area contributed by atoms with Gasteiger partial charge in [-0.15, -0.1) is 0 Å². The average Bonchev–Trinajstić information content (AvgIpc) is 4.10. The van der Waals surface area contributed by atoms with E-state index in [2.05, 4.69) is 52.2 Å². The van der Waals surface area contributed by atoms with Crippen LogP contribution in [0.5, 0.6) is 0 Å². The van der Waals surface area contributed by atoms with E-state index < -0.39 is 109 Å². The molecule has 1 aliphatic rings. The number of aliphatic imine (C=N–C) groups is 1. The minimum Gasteiger partial charge on any atom is -0.389 e. The summed E-state index contributed by atoms with van der Waals surface area (Å²) in [6.45, 7) is 5.29. The van der Waals surface area contributed by atoms with Crippen molar-refractivity contribution < 1.29 is 48.3 Å². The molecule has 0 spiro atoms. The molecule has 430 valence electrons. The Morgan fingerprint density at radius 1 is 0.737 bits per heavy atom. The summed E-state index contributed by atoms with van der Waals surface area (Å²) in [5.41, 5.74) is 40.0. The second-order valence-corrected chi connectivity index (χ2v) is 19.4. The Hall–Kier alpha value is -6.33. The van der Waals surface area contributed by atoms with E-state index >= 15 is 0 Å². The van der Waals surface area contributed by atoms with Crippen LogP contribution >= 0.6 is 0 Å². The van der Waals surface area contributed by atoms with E-state index in [-0.39, 0.29) is 81.7 Å². The normalized spacial score (nSPS) is 16.4. The molecule has 1 unspecified atom stereocenters. The van der Waals surface area contributed by atoms with Crippen molar-refractivity contribution in [2.45, 2.75) is 172 Å². The largest absolute Gasteiger partial charge is 0.389 e. The molecule has 1 aromatic rings. The second kappa shape index (κ2) is 35.8. The van der Waals surface area contributed by atoms with E-state index in [1.165, 1.54) is 24.3 Å². The highest BCUT2D eigenvalue weighted by Gasteiger charge is 2.40. The number of carbonyl (C=O) groups is 9. The fraction of sp³-hybridized carbons (Fsp3) is 0.729. The van der Waals surface area contributed by atoms with Gasteiger partial charge in [0.15, 0.2) is 11.7 Å². The van der Waals surface area contributed by atoms with Crippen LogP contribution in [-0.4, -0.2) is 179 Å². The number of aromatic nitrogens is 2. The van der Waals surface area contributed by atoms with Crippen LogP contribution in [0.15, 0.2) is 17.5 Å². The number of unbranched alkanes of at least 4 members (excludes halogenated alkanes) is 2. The van der Waals surface area contributed by atoms with Gasteiger partial charge < -0.3 is 92.3 Å². The first-order valence-corrected chi connectivity index (χ1v) is 26.4. The third-order valence-corrected chi connectivity index (χ3v) is 12.7. The van der Waals surface area contributed by atoms with Crippen LogP contribution in [0, 0.1) is 5.92 Å². The zero-order valence-corrected chi connectivity index (χ0v) is 44.5. The van der Waals surface area contributed by atoms with Crippen molar-refractivity contribution in [1.29, 1.82) is 0 Å². The van der Waals surface area contributed by atoms with E-state index in [1.807, 2.05) is 13.8 Å². The summed E-state index contributed by atoms with van der Waals surface area (Å²) >= 11 is 0. The number of aliphatic hydroxyl groups is 1. The third-order valence-electron chi connectivity index (χ3n) is 12.7. The van der Waals surface area contributed by atoms with Gasteiger partial charge in [-0.3, -0.25) is 48.1 Å². The lowest BCUT2D eigenvalue weighted by atomic mass is 9.92. The Labute approximate surface area is 444 Å². The van der Waals surface area contributed by atoms with Crippen LogP contribution in [-0.2, 0) is 49.6 Å². The molecule has 2 heterocycles. The number of nitrogens with two attached hydrogens (primary N) is 7. The molecule has 28 heteroatoms. The van der Waals surface area contributed by atoms with Crippen LogP contribution in [0.1, 0.15) is 116 Å². The minimum absolute atomic E-state index is 0.0364. The monoisotopic (exact) mass is 1080 g/mol. The summed E-state index contributed by atoms with van der Waals surface area (Å²) in [5.74, 6) is -6.32. The summed E-state index contributed by atoms with van der Waals surface area (Å²) in [5, 5.41) is 28.7. The van der Waals surface area contributed by atoms with Gasteiger partial charge in [-0.25, -0.2) is 4.98 Å². The quantitative estimate of drug-likeness (QED) is 0.0167. The van der Waals surface area contributed by atoms with Crippen molar-refractivity contribution in [3.8, 4) is 0 Å². The van der Waals surface area contributed by atoms with Crippen LogP contribution in [0.3, 0.4) is 0 Å². The number of carbonyl (C=O) groups excluding carboxylic acids is 9. The number of Topliss-reactive ketones (excluding diaryl/α,β-unsaturated/α-hetero) is 1. The average molecular weight is 1080 g/mol. The van der Waals surface area contributed by atoms with E-state index in [1.54, 1.807) is 0 Å². The Morgan fingerprint density at radius 2 is 1.41 bits per heavy atom. The van der Waals surface area contributed by atoms with Crippen molar-refractivity contribution in [2.75, 3.05) is 45.8 Å². The second-order valence-electron chi connectivity index (χ2n) is 19.4. The molecule has 9 atom stereocenters. The highest BCUT2D eigenvalue weighted by atomic mass is 16.3. The number of aliphatic hydroxyl groups excluding tert-OH is 1. The number of nitrogens with zero attached hydrogens (tertiary/aromatic N) is 3. The lowest BCUT2D eigenvalue weighted by Gasteiger charge is -2.30. The van der Waals surface area contributed by atoms with Crippen LogP contribution in [0.25, 0.3) is 0 Å². The standard InChI is InChI=1S/C48H88N18O10/c1-28(2)60-42(71)30(11-9-21-57-48(54)55)16-17-37(67)33(13-5-7-19-50)63-44(73)35(23-31-25-56-27-59-31)64-45(74)36-15-10-22-66(36)47(76)34(14-8-20-51)62-39(69)26-58-41(70)29(3)61-46(75)40(38(68)24-52)65-43(72)32(53)12-4-6-18-49/h25,27-30,32-36,38,40,68H,4-24,26,49-53H2,1-3H3,(H,56,59)(H,58,70)(H,60,71)(H,61,75)(H,62,69)(H,63,73)(H,64,74)(H,65,72)(H4,54,55,57)/t29-,30?,32-,33-,34+,35-,36-,38-,40-/m0/s1. The van der Waals surface area contributed by atoms with E-state index in [0.717, 1.165) is 0 Å². The van der Waals surface area contributed by atoms with Gasteiger partial charge in [0.2, 0.25) is 47.3 Å². The summed E-state index contributed by atoms with van der Waals surface area (Å²) in [6, 6.07) is -8.43. The Morgan fingerprint density at radius 3 is 2.03 bits per heavy atom. The molecule has 1 fully saturated rings. The molecule has 0 bridgehead atoms. The van der Waals surface area contributed by atoms with Crippen LogP contribution < -0.4 is 77.4 Å². The molecule has 0 aromatic carbocycles. The van der Waals surface area contributed by atoms with Gasteiger partial charge >= 0.3 is 0 Å². The smallest absolute Gasteiger partial charge is 0.245 e. The first-order chi connectivity index (χ1) is 36.2. The molecule has 0 radical (unpaired) electrons. The van der Waals surface area contributed by atoms with Gasteiger partial charge in [0.25, 0.3) is 0 Å². The van der Waals surface area contributed by atoms with E-state index in [4.69, 9.17) is 40.1 Å².